The second-order valence-corrected chi connectivity index (χ2v) is 9.39. The molecule has 3 aromatic carbocycles. The highest BCUT2D eigenvalue weighted by atomic mass is 16.8. The van der Waals surface area contributed by atoms with Gasteiger partial charge in [-0.1, -0.05) is 91.0 Å². The molecule has 2 aliphatic rings. The molecule has 3 aromatic rings. The average Bonchev–Trinajstić information content (AvgIpc) is 2.97. The molecule has 1 N–H and O–H groups in total. The molecule has 39 heavy (non-hydrogen) atoms. The van der Waals surface area contributed by atoms with E-state index in [1.165, 1.54) is 13.0 Å². The van der Waals surface area contributed by atoms with E-state index in [0.29, 0.717) is 0 Å². The molecule has 0 aliphatic carbocycles. The lowest BCUT2D eigenvalue weighted by Crippen LogP contribution is -2.67. The Hall–Kier alpha value is -3.82. The summed E-state index contributed by atoms with van der Waals surface area (Å²) in [4.78, 5) is 25.3. The molecule has 2 heterocycles. The van der Waals surface area contributed by atoms with E-state index in [2.05, 4.69) is 5.32 Å². The monoisotopic (exact) mass is 529 g/mol. The number of carbonyl (C=O) groups excluding carboxylic acids is 2. The van der Waals surface area contributed by atoms with Gasteiger partial charge in [-0.3, -0.25) is 4.79 Å². The molecule has 8 nitrogen and oxygen atoms in total. The summed E-state index contributed by atoms with van der Waals surface area (Å²) in [6.45, 7) is 1.82. The van der Waals surface area contributed by atoms with Crippen LogP contribution in [-0.2, 0) is 39.9 Å². The molecule has 0 radical (unpaired) electrons. The van der Waals surface area contributed by atoms with Crippen molar-refractivity contribution in [3.05, 3.63) is 114 Å². The van der Waals surface area contributed by atoms with Crippen molar-refractivity contribution in [1.82, 2.24) is 5.32 Å². The second-order valence-electron chi connectivity index (χ2n) is 9.39. The number of esters is 1. The fraction of sp³-hybridized carbons (Fsp3) is 0.290. The first-order valence-electron chi connectivity index (χ1n) is 12.9. The van der Waals surface area contributed by atoms with E-state index in [1.54, 1.807) is 6.08 Å². The van der Waals surface area contributed by atoms with Gasteiger partial charge in [0.25, 0.3) is 0 Å². The SMILES string of the molecule is CC(=O)N[C@@H]1[C@@H](OCc2ccccc2)O[C@@H]2CO[C@H](c3ccccc3)O[C@@H]2[C@H]1OC(=O)/C=C/c1ccccc1. The topological polar surface area (TPSA) is 92.3 Å². The zero-order chi connectivity index (χ0) is 27.0. The molecule has 0 spiro atoms. The molecule has 0 saturated carbocycles. The molecular weight excluding hydrogens is 498 g/mol. The maximum absolute atomic E-state index is 13.0. The van der Waals surface area contributed by atoms with Crippen molar-refractivity contribution >= 4 is 18.0 Å². The first-order chi connectivity index (χ1) is 19.1. The minimum absolute atomic E-state index is 0.191. The van der Waals surface area contributed by atoms with Crippen molar-refractivity contribution in [3.8, 4) is 0 Å². The Morgan fingerprint density at radius 1 is 0.923 bits per heavy atom. The van der Waals surface area contributed by atoms with Crippen LogP contribution in [-0.4, -0.2) is 49.1 Å². The van der Waals surface area contributed by atoms with Crippen LogP contribution in [0.5, 0.6) is 0 Å². The zero-order valence-electron chi connectivity index (χ0n) is 21.6. The highest BCUT2D eigenvalue weighted by molar-refractivity contribution is 5.87. The predicted molar refractivity (Wildman–Crippen MR) is 143 cm³/mol. The number of amides is 1. The van der Waals surface area contributed by atoms with Crippen LogP contribution in [0.15, 0.2) is 97.1 Å². The van der Waals surface area contributed by atoms with Crippen molar-refractivity contribution in [3.63, 3.8) is 0 Å². The summed E-state index contributed by atoms with van der Waals surface area (Å²) in [5.41, 5.74) is 2.61. The van der Waals surface area contributed by atoms with Crippen molar-refractivity contribution in [2.45, 2.75) is 50.5 Å². The normalized spacial score (nSPS) is 26.5. The summed E-state index contributed by atoms with van der Waals surface area (Å²) in [6, 6.07) is 27.7. The Bertz CT molecular complexity index is 1250. The van der Waals surface area contributed by atoms with Crippen molar-refractivity contribution in [2.75, 3.05) is 6.61 Å². The molecule has 202 valence electrons. The molecule has 6 atom stereocenters. The summed E-state index contributed by atoms with van der Waals surface area (Å²) in [7, 11) is 0. The summed E-state index contributed by atoms with van der Waals surface area (Å²) in [5, 5.41) is 2.87. The molecule has 2 saturated heterocycles. The van der Waals surface area contributed by atoms with Crippen molar-refractivity contribution in [2.24, 2.45) is 0 Å². The molecule has 1 amide bonds. The molecule has 0 aromatic heterocycles. The van der Waals surface area contributed by atoms with Crippen molar-refractivity contribution in [1.29, 1.82) is 0 Å². The van der Waals surface area contributed by atoms with E-state index >= 15 is 0 Å². The number of ether oxygens (including phenoxy) is 5. The van der Waals surface area contributed by atoms with Gasteiger partial charge in [0.05, 0.1) is 13.2 Å². The van der Waals surface area contributed by atoms with Gasteiger partial charge < -0.3 is 29.0 Å². The minimum atomic E-state index is -0.910. The van der Waals surface area contributed by atoms with Crippen molar-refractivity contribution < 1.29 is 33.3 Å². The number of hydrogen-bond acceptors (Lipinski definition) is 7. The summed E-state index contributed by atoms with van der Waals surface area (Å²) >= 11 is 0. The number of nitrogens with one attached hydrogen (secondary N) is 1. The van der Waals surface area contributed by atoms with Crippen LogP contribution < -0.4 is 5.32 Å². The van der Waals surface area contributed by atoms with E-state index in [9.17, 15) is 9.59 Å². The van der Waals surface area contributed by atoms with E-state index < -0.39 is 42.9 Å². The average molecular weight is 530 g/mol. The fourth-order valence-electron chi connectivity index (χ4n) is 4.68. The van der Waals surface area contributed by atoms with Crippen LogP contribution in [0.1, 0.15) is 29.9 Å². The highest BCUT2D eigenvalue weighted by Gasteiger charge is 2.52. The number of rotatable bonds is 8. The highest BCUT2D eigenvalue weighted by Crippen LogP contribution is 2.36. The van der Waals surface area contributed by atoms with Gasteiger partial charge in [-0.05, 0) is 17.2 Å². The Kier molecular flexibility index (Phi) is 8.80. The minimum Gasteiger partial charge on any atom is -0.454 e. The van der Waals surface area contributed by atoms with Gasteiger partial charge in [0.2, 0.25) is 5.91 Å². The van der Waals surface area contributed by atoms with Crippen LogP contribution in [0.4, 0.5) is 0 Å². The Morgan fingerprint density at radius 2 is 1.59 bits per heavy atom. The van der Waals surface area contributed by atoms with E-state index in [4.69, 9.17) is 23.7 Å². The standard InChI is InChI=1S/C31H31NO7/c1-21(33)32-27-29(38-26(34)18-17-22-11-5-2-6-12-22)28-25(20-36-30(39-28)24-15-9-4-10-16-24)37-31(27)35-19-23-13-7-3-8-14-23/h2-18,25,27-31H,19-20H2,1H3,(H,32,33)/b18-17+/t25-,27+,28+,29+,30+,31+/m1/s1. The van der Waals surface area contributed by atoms with Gasteiger partial charge in [-0.2, -0.15) is 0 Å². The van der Waals surface area contributed by atoms with Gasteiger partial charge >= 0.3 is 5.97 Å². The molecular formula is C31H31NO7. The van der Waals surface area contributed by atoms with Crippen LogP contribution in [0.25, 0.3) is 6.08 Å². The first kappa shape index (κ1) is 26.8. The van der Waals surface area contributed by atoms with Gasteiger partial charge in [0.1, 0.15) is 18.2 Å². The lowest BCUT2D eigenvalue weighted by atomic mass is 9.95. The maximum atomic E-state index is 13.0. The van der Waals surface area contributed by atoms with E-state index in [-0.39, 0.29) is 19.1 Å². The van der Waals surface area contributed by atoms with Crippen LogP contribution in [0.3, 0.4) is 0 Å². The molecule has 8 heteroatoms. The molecule has 2 fully saturated rings. The second kappa shape index (κ2) is 12.8. The third-order valence-electron chi connectivity index (χ3n) is 6.50. The van der Waals surface area contributed by atoms with E-state index in [1.807, 2.05) is 91.0 Å². The van der Waals surface area contributed by atoms with Gasteiger partial charge in [0, 0.05) is 18.6 Å². The fourth-order valence-corrected chi connectivity index (χ4v) is 4.68. The molecule has 2 aliphatic heterocycles. The lowest BCUT2D eigenvalue weighted by Gasteiger charge is -2.48. The Labute approximate surface area is 227 Å². The summed E-state index contributed by atoms with van der Waals surface area (Å²) in [6.07, 6.45) is -0.773. The zero-order valence-corrected chi connectivity index (χ0v) is 21.6. The van der Waals surface area contributed by atoms with Gasteiger partial charge in [-0.15, -0.1) is 0 Å². The third-order valence-corrected chi connectivity index (χ3v) is 6.50. The first-order valence-corrected chi connectivity index (χ1v) is 12.9. The van der Waals surface area contributed by atoms with Crippen LogP contribution >= 0.6 is 0 Å². The largest absolute Gasteiger partial charge is 0.454 e. The molecule has 0 bridgehead atoms. The molecule has 0 unspecified atom stereocenters. The number of carbonyl (C=O) groups is 2. The third kappa shape index (κ3) is 6.99. The maximum Gasteiger partial charge on any atom is 0.331 e. The number of fused-ring (bicyclic) bond motifs is 1. The summed E-state index contributed by atoms with van der Waals surface area (Å²) in [5.74, 6) is -0.893. The van der Waals surface area contributed by atoms with Crippen LogP contribution in [0, 0.1) is 0 Å². The lowest BCUT2D eigenvalue weighted by molar-refractivity contribution is -0.346. The summed E-state index contributed by atoms with van der Waals surface area (Å²) < 4.78 is 30.7. The number of hydrogen-bond donors (Lipinski definition) is 1. The van der Waals surface area contributed by atoms with Crippen LogP contribution in [0.2, 0.25) is 0 Å². The Morgan fingerprint density at radius 3 is 2.28 bits per heavy atom. The smallest absolute Gasteiger partial charge is 0.331 e. The number of benzene rings is 3. The predicted octanol–water partition coefficient (Wildman–Crippen LogP) is 4.17. The quantitative estimate of drug-likeness (QED) is 0.346. The van der Waals surface area contributed by atoms with E-state index in [0.717, 1.165) is 16.7 Å². The Balaban J connectivity index is 1.40. The van der Waals surface area contributed by atoms with Gasteiger partial charge in [0.15, 0.2) is 18.7 Å². The molecule has 5 rings (SSSR count). The van der Waals surface area contributed by atoms with Gasteiger partial charge in [-0.25, -0.2) is 4.79 Å².